The molecule has 8 aromatic rings. The van der Waals surface area contributed by atoms with E-state index in [2.05, 4.69) is 132 Å². The topological polar surface area (TPSA) is 51.6 Å². The third kappa shape index (κ3) is 4.40. The minimum Gasteiger partial charge on any atom is -0.265 e. The minimum absolute atomic E-state index is 0.475. The maximum absolute atomic E-state index is 5.19. The Bertz CT molecular complexity index is 2540. The first-order valence-electron chi connectivity index (χ1n) is 16.7. The lowest BCUT2D eigenvalue weighted by atomic mass is 9.67. The zero-order chi connectivity index (χ0) is 33.1. The average Bonchev–Trinajstić information content (AvgIpc) is 3.48. The number of pyridine rings is 1. The van der Waals surface area contributed by atoms with Crippen LogP contribution in [-0.4, -0.2) is 19.9 Å². The van der Waals surface area contributed by atoms with Gasteiger partial charge in [-0.2, -0.15) is 0 Å². The summed E-state index contributed by atoms with van der Waals surface area (Å²) in [7, 11) is 0. The number of nitrogens with zero attached hydrogens (tertiary/aromatic N) is 4. The van der Waals surface area contributed by atoms with E-state index in [1.165, 1.54) is 43.2 Å². The Hall–Kier alpha value is -6.17. The van der Waals surface area contributed by atoms with Crippen LogP contribution in [0.25, 0.3) is 56.4 Å². The van der Waals surface area contributed by atoms with Crippen molar-refractivity contribution < 1.29 is 0 Å². The molecule has 50 heavy (non-hydrogen) atoms. The van der Waals surface area contributed by atoms with Crippen LogP contribution in [0.3, 0.4) is 0 Å². The highest BCUT2D eigenvalue weighted by Gasteiger charge is 2.50. The molecule has 0 bridgehead atoms. The third-order valence-electron chi connectivity index (χ3n) is 9.91. The average molecular weight is 657 g/mol. The van der Waals surface area contributed by atoms with Gasteiger partial charge < -0.3 is 0 Å². The van der Waals surface area contributed by atoms with Crippen molar-refractivity contribution in [3.8, 4) is 56.4 Å². The summed E-state index contributed by atoms with van der Waals surface area (Å²) in [6.07, 6.45) is 3.63. The predicted molar refractivity (Wildman–Crippen MR) is 201 cm³/mol. The standard InChI is InChI=1S/C45H28N4S/c1-2-11-30(12-3-1)42-47-43(32-14-10-13-31(27-32)29-23-25-46-26-24-29)49-44(48-42)33-21-22-35-34-15-4-5-16-36(34)45(39(35)28-33)37-17-6-8-19-40(37)50-41-20-9-7-18-38(41)45/h1-28H. The number of benzene rings is 6. The van der Waals surface area contributed by atoms with E-state index in [9.17, 15) is 0 Å². The van der Waals surface area contributed by atoms with Gasteiger partial charge in [0.2, 0.25) is 0 Å². The summed E-state index contributed by atoms with van der Waals surface area (Å²) in [5, 5.41) is 0. The van der Waals surface area contributed by atoms with E-state index >= 15 is 0 Å². The zero-order valence-electron chi connectivity index (χ0n) is 26.9. The van der Waals surface area contributed by atoms with Gasteiger partial charge in [0.25, 0.3) is 0 Å². The quantitative estimate of drug-likeness (QED) is 0.189. The maximum atomic E-state index is 5.19. The summed E-state index contributed by atoms with van der Waals surface area (Å²) in [6.45, 7) is 0. The molecular weight excluding hydrogens is 629 g/mol. The van der Waals surface area contributed by atoms with Gasteiger partial charge in [-0.3, -0.25) is 4.98 Å². The molecule has 0 saturated heterocycles. The number of aromatic nitrogens is 4. The van der Waals surface area contributed by atoms with Crippen molar-refractivity contribution in [1.29, 1.82) is 0 Å². The van der Waals surface area contributed by atoms with Crippen LogP contribution >= 0.6 is 11.8 Å². The number of hydrogen-bond acceptors (Lipinski definition) is 5. The highest BCUT2D eigenvalue weighted by Crippen LogP contribution is 2.62. The van der Waals surface area contributed by atoms with Gasteiger partial charge in [0.15, 0.2) is 17.5 Å². The maximum Gasteiger partial charge on any atom is 0.164 e. The normalized spacial score (nSPS) is 13.3. The molecule has 2 aliphatic rings. The SMILES string of the molecule is c1ccc(-c2nc(-c3cccc(-c4ccncc4)c3)nc(-c3ccc4c(c3)C3(c5ccccc5Sc5ccccc53)c3ccccc3-4)n2)cc1. The summed E-state index contributed by atoms with van der Waals surface area (Å²) >= 11 is 1.86. The smallest absolute Gasteiger partial charge is 0.164 e. The van der Waals surface area contributed by atoms with Crippen LogP contribution in [0.2, 0.25) is 0 Å². The van der Waals surface area contributed by atoms with Crippen LogP contribution in [-0.2, 0) is 5.41 Å². The Labute approximate surface area is 294 Å². The lowest BCUT2D eigenvalue weighted by Gasteiger charge is -2.39. The first-order chi connectivity index (χ1) is 24.8. The van der Waals surface area contributed by atoms with E-state index in [0.717, 1.165) is 27.8 Å². The van der Waals surface area contributed by atoms with Gasteiger partial charge in [-0.25, -0.2) is 15.0 Å². The summed E-state index contributed by atoms with van der Waals surface area (Å²) in [4.78, 5) is 22.1. The van der Waals surface area contributed by atoms with E-state index in [4.69, 9.17) is 15.0 Å². The molecule has 6 aromatic carbocycles. The molecule has 1 aliphatic heterocycles. The van der Waals surface area contributed by atoms with Crippen LogP contribution in [0, 0.1) is 0 Å². The zero-order valence-corrected chi connectivity index (χ0v) is 27.7. The Morgan fingerprint density at radius 1 is 0.360 bits per heavy atom. The van der Waals surface area contributed by atoms with Crippen molar-refractivity contribution in [3.63, 3.8) is 0 Å². The fraction of sp³-hybridized carbons (Fsp3) is 0.0222. The van der Waals surface area contributed by atoms with E-state index in [1.807, 2.05) is 54.5 Å². The van der Waals surface area contributed by atoms with Crippen LogP contribution in [0.4, 0.5) is 0 Å². The first kappa shape index (κ1) is 28.8. The van der Waals surface area contributed by atoms with Gasteiger partial charge in [0.05, 0.1) is 5.41 Å². The van der Waals surface area contributed by atoms with Gasteiger partial charge in [-0.15, -0.1) is 0 Å². The molecule has 5 heteroatoms. The largest absolute Gasteiger partial charge is 0.265 e. The lowest BCUT2D eigenvalue weighted by molar-refractivity contribution is 0.722. The summed E-state index contributed by atoms with van der Waals surface area (Å²) in [5.74, 6) is 1.92. The van der Waals surface area contributed by atoms with E-state index < -0.39 is 5.41 Å². The second-order valence-corrected chi connectivity index (χ2v) is 13.7. The van der Waals surface area contributed by atoms with Crippen molar-refractivity contribution >= 4 is 11.8 Å². The Balaban J connectivity index is 1.21. The predicted octanol–water partition coefficient (Wildman–Crippen LogP) is 10.8. The molecule has 2 aromatic heterocycles. The van der Waals surface area contributed by atoms with Gasteiger partial charge in [0, 0.05) is 38.9 Å². The van der Waals surface area contributed by atoms with Crippen molar-refractivity contribution in [2.75, 3.05) is 0 Å². The minimum atomic E-state index is -0.475. The second-order valence-electron chi connectivity index (χ2n) is 12.6. The monoisotopic (exact) mass is 656 g/mol. The molecule has 0 saturated carbocycles. The molecule has 4 nitrogen and oxygen atoms in total. The number of fused-ring (bicyclic) bond motifs is 9. The van der Waals surface area contributed by atoms with Crippen molar-refractivity contribution in [1.82, 2.24) is 19.9 Å². The van der Waals surface area contributed by atoms with E-state index in [1.54, 1.807) is 0 Å². The molecule has 0 unspecified atom stereocenters. The Kier molecular flexibility index (Phi) is 6.61. The van der Waals surface area contributed by atoms with Crippen LogP contribution in [0.1, 0.15) is 22.3 Å². The molecule has 0 N–H and O–H groups in total. The van der Waals surface area contributed by atoms with Crippen LogP contribution in [0.15, 0.2) is 180 Å². The van der Waals surface area contributed by atoms with Gasteiger partial charge in [0.1, 0.15) is 0 Å². The Morgan fingerprint density at radius 3 is 1.62 bits per heavy atom. The highest BCUT2D eigenvalue weighted by atomic mass is 32.2. The third-order valence-corrected chi connectivity index (χ3v) is 11.1. The summed E-state index contributed by atoms with van der Waals surface area (Å²) < 4.78 is 0. The van der Waals surface area contributed by atoms with Crippen molar-refractivity contribution in [2.45, 2.75) is 15.2 Å². The summed E-state index contributed by atoms with van der Waals surface area (Å²) in [6, 6.07) is 56.0. The molecule has 1 spiro atoms. The number of rotatable bonds is 4. The number of hydrogen-bond donors (Lipinski definition) is 0. The highest BCUT2D eigenvalue weighted by molar-refractivity contribution is 7.99. The molecule has 1 aliphatic carbocycles. The second kappa shape index (κ2) is 11.5. The lowest BCUT2D eigenvalue weighted by Crippen LogP contribution is -2.31. The van der Waals surface area contributed by atoms with Gasteiger partial charge in [-0.1, -0.05) is 133 Å². The van der Waals surface area contributed by atoms with E-state index in [-0.39, 0.29) is 0 Å². The Morgan fingerprint density at radius 2 is 0.900 bits per heavy atom. The van der Waals surface area contributed by atoms with Crippen LogP contribution in [0.5, 0.6) is 0 Å². The van der Waals surface area contributed by atoms with Gasteiger partial charge in [-0.05, 0) is 80.9 Å². The molecule has 0 fully saturated rings. The molecule has 0 atom stereocenters. The van der Waals surface area contributed by atoms with Gasteiger partial charge >= 0.3 is 0 Å². The van der Waals surface area contributed by atoms with Crippen molar-refractivity contribution in [2.24, 2.45) is 0 Å². The first-order valence-corrected chi connectivity index (χ1v) is 17.5. The fourth-order valence-electron chi connectivity index (χ4n) is 7.73. The molecule has 0 radical (unpaired) electrons. The fourth-order valence-corrected chi connectivity index (χ4v) is 8.92. The molecule has 3 heterocycles. The van der Waals surface area contributed by atoms with Crippen molar-refractivity contribution in [3.05, 3.63) is 192 Å². The molecular formula is C45H28N4S. The summed E-state index contributed by atoms with van der Waals surface area (Å²) in [5.41, 5.74) is 12.2. The molecule has 10 rings (SSSR count). The van der Waals surface area contributed by atoms with Crippen LogP contribution < -0.4 is 0 Å². The molecule has 0 amide bonds. The van der Waals surface area contributed by atoms with E-state index in [0.29, 0.717) is 17.5 Å². The molecule has 234 valence electrons.